The van der Waals surface area contributed by atoms with E-state index in [1.54, 1.807) is 80.3 Å². The first kappa shape index (κ1) is 57.2. The molecule has 12 nitrogen and oxygen atoms in total. The third-order valence-electron chi connectivity index (χ3n) is 24.2. The van der Waals surface area contributed by atoms with Gasteiger partial charge in [0.25, 0.3) is 0 Å². The van der Waals surface area contributed by atoms with E-state index in [2.05, 4.69) is 36.1 Å². The van der Waals surface area contributed by atoms with Crippen LogP contribution >= 0.6 is 0 Å². The number of hydrogen-bond acceptors (Lipinski definition) is 4. The fourth-order valence-electron chi connectivity index (χ4n) is 17.5. The summed E-state index contributed by atoms with van der Waals surface area (Å²) in [6, 6.07) is 29.6. The average Bonchev–Trinajstić information content (AvgIpc) is 1.59. The summed E-state index contributed by atoms with van der Waals surface area (Å²) in [5.41, 5.74) is 16.7. The van der Waals surface area contributed by atoms with Crippen LogP contribution < -0.4 is 18.3 Å². The smallest absolute Gasteiger partial charge is 0.216 e. The van der Waals surface area contributed by atoms with Gasteiger partial charge in [-0.05, 0) is 132 Å². The topological polar surface area (TPSA) is 85.5 Å². The van der Waals surface area contributed by atoms with Crippen molar-refractivity contribution in [3.8, 4) is 89.5 Å². The Balaban J connectivity index is 0.000000137. The Morgan fingerprint density at radius 1 is 0.338 bits per heavy atom. The molecule has 12 aromatic carbocycles. The highest BCUT2D eigenvalue weighted by Gasteiger charge is 2.32. The molecular formula is C118H102N8O4+4. The predicted molar refractivity (Wildman–Crippen MR) is 531 cm³/mol. The monoisotopic (exact) mass is 1720 g/mol. The van der Waals surface area contributed by atoms with E-state index in [1.165, 1.54) is 25.3 Å². The van der Waals surface area contributed by atoms with Crippen molar-refractivity contribution in [2.45, 2.75) is 119 Å². The van der Waals surface area contributed by atoms with E-state index in [0.29, 0.717) is 83.3 Å². The molecule has 0 saturated heterocycles. The Labute approximate surface area is 800 Å². The number of benzene rings is 12. The normalized spacial score (nSPS) is 16.2. The number of hydrogen-bond donors (Lipinski definition) is 0. The Kier molecular flexibility index (Phi) is 15.7. The molecule has 1 atom stereocenters. The molecular weight excluding hydrogens is 1590 g/mol. The molecule has 21 rings (SSSR count). The minimum absolute atomic E-state index is 0.0122. The molecule has 1 saturated carbocycles. The SMILES string of the molecule is [2H]c1c([2H])c([2H])c(-c2c([N+]#[C-])ccc3c2oc2c(-c4cc(C5([2H])CCCCC5)cc(C)[n+]4C)c(C)ccc23)c([2H])c1[2H].[2H]c1c[n+](C)c(-c2c(C)ccc3c2oc2c(-c4c([2H])c([2H])c([2H])c([2H])c4[2H])c([N+]#[C-])ccc23)cc1C.[2H]c1c[n+](C)c(-c2c(C)ccc3c2oc2c(-c4c([2H])c([2H])c([2H])c([2H])c4[2H])c([N+]#[C-])ccc23)cc1C([2H])(C)C.[2H]c1c[n+](C)c(-c2c(C)ccc3c2oc2c(-c4c([2H])c([2H])c([2H])c([2H])c4[2H])c([N+]#[C-])ccc23)cc1C([2H])(C)C([2H])([2H])[2H]. The molecule has 0 radical (unpaired) electrons. The van der Waals surface area contributed by atoms with Gasteiger partial charge >= 0.3 is 0 Å². The Morgan fingerprint density at radius 2 is 0.623 bits per heavy atom. The highest BCUT2D eigenvalue weighted by molar-refractivity contribution is 6.19. The molecule has 0 bridgehead atoms. The van der Waals surface area contributed by atoms with Crippen LogP contribution in [0.4, 0.5) is 22.7 Å². The maximum atomic E-state index is 9.31. The molecule has 130 heavy (non-hydrogen) atoms. The second kappa shape index (κ2) is 35.7. The highest BCUT2D eigenvalue weighted by atomic mass is 16.3. The van der Waals surface area contributed by atoms with Crippen LogP contribution in [-0.4, -0.2) is 0 Å². The van der Waals surface area contributed by atoms with Crippen molar-refractivity contribution >= 4 is 111 Å². The molecule has 0 spiro atoms. The summed E-state index contributed by atoms with van der Waals surface area (Å²) in [6.07, 6.45) is 9.74. The second-order valence-corrected chi connectivity index (χ2v) is 32.6. The van der Waals surface area contributed by atoms with Crippen LogP contribution in [0.1, 0.15) is 167 Å². The number of aryl methyl sites for hydroxylation is 9. The van der Waals surface area contributed by atoms with E-state index >= 15 is 0 Å². The quantitative estimate of drug-likeness (QED) is 0.0954. The summed E-state index contributed by atoms with van der Waals surface area (Å²) >= 11 is 0. The Morgan fingerprint density at radius 3 is 0.931 bits per heavy atom. The number of fused-ring (bicyclic) bond motifs is 12. The van der Waals surface area contributed by atoms with Gasteiger partial charge in [-0.25, -0.2) is 33.1 Å². The zero-order chi connectivity index (χ0) is 116. The molecule has 20 aromatic rings. The van der Waals surface area contributed by atoms with E-state index in [1.807, 2.05) is 132 Å². The summed E-state index contributed by atoms with van der Waals surface area (Å²) < 4.78 is 274. The number of aromatic nitrogens is 4. The maximum Gasteiger partial charge on any atom is 0.216 e. The molecule has 1 unspecified atom stereocenters. The van der Waals surface area contributed by atoms with E-state index in [4.69, 9.17) is 82.3 Å². The summed E-state index contributed by atoms with van der Waals surface area (Å²) in [6.45, 7) is 44.8. The maximum absolute atomic E-state index is 9.31. The van der Waals surface area contributed by atoms with Crippen LogP contribution in [-0.2, 0) is 28.2 Å². The Bertz CT molecular complexity index is 9800. The zero-order valence-corrected chi connectivity index (χ0v) is 73.6. The van der Waals surface area contributed by atoms with Gasteiger partial charge in [0.05, 0.1) is 80.1 Å². The minimum Gasteiger partial charge on any atom is -0.456 e. The average molecular weight is 1730 g/mol. The fourth-order valence-corrected chi connectivity index (χ4v) is 17.5. The van der Waals surface area contributed by atoms with Crippen LogP contribution in [0.5, 0.6) is 0 Å². The van der Waals surface area contributed by atoms with E-state index in [9.17, 15) is 1.37 Å². The lowest BCUT2D eigenvalue weighted by Gasteiger charge is -2.22. The molecule has 0 amide bonds. The summed E-state index contributed by atoms with van der Waals surface area (Å²) in [5.74, 6) is -3.71. The number of furan rings is 4. The first-order chi connectivity index (χ1) is 74.8. The van der Waals surface area contributed by atoms with Crippen LogP contribution in [0.3, 0.4) is 0 Å². The standard InChI is InChI=1S/C33H31N2O.2C29H25N2O.C27H21N2O/c1-21-15-16-26-27-17-18-28(34-3)31(24-13-9-6-10-14-24)33(27)36-32(26)30(21)29-20-25(19-22(2)35(29)4)23-11-7-5-8-12-23;2*1-18(2)21-15-16-31(5)25(17-21)26-19(3)11-12-22-23-13-14-24(30-4)27(29(23)32-28(22)26)20-9-7-6-8-10-20;1-17-14-15-29(4)23(16-17)24-18(2)10-11-20-21-12-13-22(28-3)25(27(21)30-26(20)24)19-8-6-5-7-9-19/h6,9-10,13-20,23H,5,7-8,11-12H2,1-2,4H3;2*6-18H,1-3,5H3;5-16H,1-2,4H3/q4*+1/i6D,9D,10D,13D,14D,23D;1D3,6D,7D,8D,9D,10D,15D,18D;6D,7D,8D,9D,10D,15D,18D;5D,6D,7D,8D,9D,14D. The van der Waals surface area contributed by atoms with Gasteiger partial charge in [0.15, 0.2) is 47.0 Å². The summed E-state index contributed by atoms with van der Waals surface area (Å²) in [5, 5.41) is 5.50. The van der Waals surface area contributed by atoms with Gasteiger partial charge in [0, 0.05) is 129 Å². The lowest BCUT2D eigenvalue weighted by atomic mass is 9.83. The molecule has 12 heteroatoms. The molecule has 1 fully saturated rings. The molecule has 0 N–H and O–H groups in total. The van der Waals surface area contributed by atoms with Gasteiger partial charge in [0.2, 0.25) is 22.8 Å². The zero-order valence-electron chi connectivity index (χ0n) is 103. The Hall–Kier alpha value is -15.6. The van der Waals surface area contributed by atoms with E-state index in [-0.39, 0.29) is 120 Å². The van der Waals surface area contributed by atoms with Gasteiger partial charge in [-0.3, -0.25) is 0 Å². The minimum atomic E-state index is -2.70. The second-order valence-electron chi connectivity index (χ2n) is 32.6. The molecule has 8 heterocycles. The highest BCUT2D eigenvalue weighted by Crippen LogP contribution is 2.51. The number of rotatable bonds is 11. The molecule has 8 aromatic heterocycles. The molecule has 1 aliphatic rings. The van der Waals surface area contributed by atoms with Gasteiger partial charge in [0.1, 0.15) is 72.9 Å². The number of nitrogens with zero attached hydrogens (tertiary/aromatic N) is 8. The third kappa shape index (κ3) is 15.6. The predicted octanol–water partition coefficient (Wildman–Crippen LogP) is 31.3. The lowest BCUT2D eigenvalue weighted by Crippen LogP contribution is -2.35. The lowest BCUT2D eigenvalue weighted by molar-refractivity contribution is -0.666. The van der Waals surface area contributed by atoms with Crippen LogP contribution in [0.15, 0.2) is 303 Å². The molecule has 0 aliphatic heterocycles. The third-order valence-corrected chi connectivity index (χ3v) is 24.2. The van der Waals surface area contributed by atoms with Crippen molar-refractivity contribution in [1.82, 2.24) is 0 Å². The molecule has 634 valence electrons. The van der Waals surface area contributed by atoms with Crippen LogP contribution in [0, 0.1) is 67.8 Å². The van der Waals surface area contributed by atoms with Crippen molar-refractivity contribution in [2.75, 3.05) is 0 Å². The van der Waals surface area contributed by atoms with Crippen molar-refractivity contribution in [2.24, 2.45) is 28.2 Å². The van der Waals surface area contributed by atoms with Crippen molar-refractivity contribution in [3.05, 3.63) is 381 Å². The van der Waals surface area contributed by atoms with Gasteiger partial charge in [-0.15, -0.1) is 0 Å². The number of pyridine rings is 4. The van der Waals surface area contributed by atoms with Crippen molar-refractivity contribution < 1.29 is 75.7 Å². The van der Waals surface area contributed by atoms with Gasteiger partial charge in [-0.2, -0.15) is 4.57 Å². The van der Waals surface area contributed by atoms with Crippen LogP contribution in [0.25, 0.3) is 197 Å². The van der Waals surface area contributed by atoms with Crippen molar-refractivity contribution in [1.29, 1.82) is 0 Å². The first-order valence-corrected chi connectivity index (χ1v) is 42.1. The molecule has 1 aliphatic carbocycles. The van der Waals surface area contributed by atoms with Crippen molar-refractivity contribution in [3.63, 3.8) is 0 Å². The summed E-state index contributed by atoms with van der Waals surface area (Å²) in [7, 11) is 7.39. The van der Waals surface area contributed by atoms with Gasteiger partial charge in [-0.1, -0.05) is 265 Å². The van der Waals surface area contributed by atoms with Gasteiger partial charge < -0.3 is 17.7 Å². The first-order valence-electron chi connectivity index (χ1n) is 56.6. The van der Waals surface area contributed by atoms with E-state index in [0.717, 1.165) is 121 Å². The van der Waals surface area contributed by atoms with E-state index < -0.39 is 121 Å². The fraction of sp³-hybridized carbons (Fsp3) is 0.186. The summed E-state index contributed by atoms with van der Waals surface area (Å²) in [4.78, 5) is 14.4. The largest absolute Gasteiger partial charge is 0.456 e. The van der Waals surface area contributed by atoms with Crippen LogP contribution in [0.2, 0.25) is 0 Å².